The van der Waals surface area contributed by atoms with Crippen molar-refractivity contribution in [3.63, 3.8) is 0 Å². The first kappa shape index (κ1) is 31.1. The smallest absolute Gasteiger partial charge is 0.146 e. The number of hydrogen-bond acceptors (Lipinski definition) is 3. The first-order valence-corrected chi connectivity index (χ1v) is 17.9. The standard InChI is InChI=1S/C47H39N3O/c1-27(2)35-22-31(30-13-8-7-9-14-30)23-36(28(3)4)45(35)50-41-18-11-10-17-40(41)49-46(50)34-16-12-15-33-37-25-43-38(24-39(37)47(5,6)44(33)34)32-20-19-29(26-48)21-42(32)51-43/h7-25,27-28H,1-6H3. The summed E-state index contributed by atoms with van der Waals surface area (Å²) in [6, 6.07) is 43.2. The Hall–Kier alpha value is -5.92. The molecule has 0 spiro atoms. The molecule has 0 amide bonds. The fourth-order valence-corrected chi connectivity index (χ4v) is 8.45. The lowest BCUT2D eigenvalue weighted by Crippen LogP contribution is -2.17. The maximum absolute atomic E-state index is 9.49. The number of furan rings is 1. The maximum atomic E-state index is 9.49. The number of nitriles is 1. The van der Waals surface area contributed by atoms with Gasteiger partial charge in [0.2, 0.25) is 0 Å². The van der Waals surface area contributed by atoms with Gasteiger partial charge in [0.1, 0.15) is 17.0 Å². The van der Waals surface area contributed by atoms with E-state index in [4.69, 9.17) is 9.40 Å². The van der Waals surface area contributed by atoms with Crippen molar-refractivity contribution in [3.8, 4) is 45.4 Å². The number of hydrogen-bond donors (Lipinski definition) is 0. The highest BCUT2D eigenvalue weighted by Gasteiger charge is 2.39. The van der Waals surface area contributed by atoms with Gasteiger partial charge in [-0.2, -0.15) is 5.26 Å². The van der Waals surface area contributed by atoms with Crippen LogP contribution in [0.15, 0.2) is 120 Å². The predicted octanol–water partition coefficient (Wildman–Crippen LogP) is 12.7. The van der Waals surface area contributed by atoms with Crippen LogP contribution in [-0.2, 0) is 5.41 Å². The van der Waals surface area contributed by atoms with E-state index in [1.165, 1.54) is 50.2 Å². The van der Waals surface area contributed by atoms with Crippen LogP contribution >= 0.6 is 0 Å². The van der Waals surface area contributed by atoms with Gasteiger partial charge in [-0.05, 0) is 111 Å². The third-order valence-electron chi connectivity index (χ3n) is 10.9. The number of rotatable bonds is 5. The quantitative estimate of drug-likeness (QED) is 0.184. The van der Waals surface area contributed by atoms with Crippen LogP contribution in [0.2, 0.25) is 0 Å². The van der Waals surface area contributed by atoms with Crippen LogP contribution in [0.5, 0.6) is 0 Å². The number of fused-ring (bicyclic) bond motifs is 7. The summed E-state index contributed by atoms with van der Waals surface area (Å²) < 4.78 is 8.83. The number of para-hydroxylation sites is 2. The topological polar surface area (TPSA) is 54.8 Å². The molecule has 0 fully saturated rings. The fourth-order valence-electron chi connectivity index (χ4n) is 8.45. The minimum absolute atomic E-state index is 0.284. The summed E-state index contributed by atoms with van der Waals surface area (Å²) in [5, 5.41) is 11.6. The molecule has 8 aromatic rings. The normalized spacial score (nSPS) is 13.4. The molecular weight excluding hydrogens is 623 g/mol. The largest absolute Gasteiger partial charge is 0.456 e. The van der Waals surface area contributed by atoms with Crippen molar-refractivity contribution >= 4 is 33.0 Å². The van der Waals surface area contributed by atoms with Gasteiger partial charge in [0.25, 0.3) is 0 Å². The van der Waals surface area contributed by atoms with E-state index in [1.807, 2.05) is 18.2 Å². The van der Waals surface area contributed by atoms with Crippen LogP contribution in [0.3, 0.4) is 0 Å². The van der Waals surface area contributed by atoms with Crippen molar-refractivity contribution in [1.82, 2.24) is 9.55 Å². The Bertz CT molecular complexity index is 2700. The second-order valence-electron chi connectivity index (χ2n) is 15.1. The third-order valence-corrected chi connectivity index (χ3v) is 10.9. The van der Waals surface area contributed by atoms with Gasteiger partial charge >= 0.3 is 0 Å². The number of nitrogens with zero attached hydrogens (tertiary/aromatic N) is 3. The van der Waals surface area contributed by atoms with Gasteiger partial charge in [0.05, 0.1) is 28.4 Å². The molecule has 0 saturated heterocycles. The molecule has 4 nitrogen and oxygen atoms in total. The van der Waals surface area contributed by atoms with Crippen molar-refractivity contribution in [2.45, 2.75) is 58.8 Å². The number of imidazole rings is 1. The zero-order valence-corrected chi connectivity index (χ0v) is 29.9. The van der Waals surface area contributed by atoms with Crippen LogP contribution in [0.25, 0.3) is 72.3 Å². The van der Waals surface area contributed by atoms with Crippen LogP contribution in [0, 0.1) is 11.3 Å². The first-order valence-electron chi connectivity index (χ1n) is 17.9. The lowest BCUT2D eigenvalue weighted by molar-refractivity contribution is 0.658. The summed E-state index contributed by atoms with van der Waals surface area (Å²) in [5.74, 6) is 1.53. The van der Waals surface area contributed by atoms with Crippen molar-refractivity contribution in [2.75, 3.05) is 0 Å². The minimum Gasteiger partial charge on any atom is -0.456 e. The zero-order valence-electron chi connectivity index (χ0n) is 29.9. The summed E-state index contributed by atoms with van der Waals surface area (Å²) in [6.45, 7) is 13.9. The van der Waals surface area contributed by atoms with Gasteiger partial charge in [0, 0.05) is 21.8 Å². The van der Waals surface area contributed by atoms with Crippen molar-refractivity contribution in [3.05, 3.63) is 143 Å². The van der Waals surface area contributed by atoms with Crippen molar-refractivity contribution in [1.29, 1.82) is 5.26 Å². The van der Waals surface area contributed by atoms with Gasteiger partial charge < -0.3 is 4.42 Å². The van der Waals surface area contributed by atoms with E-state index in [1.54, 1.807) is 0 Å². The van der Waals surface area contributed by atoms with Gasteiger partial charge in [-0.15, -0.1) is 0 Å². The molecule has 1 aliphatic carbocycles. The Morgan fingerprint density at radius 3 is 2.08 bits per heavy atom. The summed E-state index contributed by atoms with van der Waals surface area (Å²) >= 11 is 0. The van der Waals surface area contributed by atoms with E-state index >= 15 is 0 Å². The highest BCUT2D eigenvalue weighted by molar-refractivity contribution is 6.08. The molecule has 0 N–H and O–H groups in total. The SMILES string of the molecule is CC(C)c1cc(-c2ccccc2)cc(C(C)C)c1-n1c(-c2cccc3c2C(C)(C)c2cc4c(cc2-3)oc2cc(C#N)ccc24)nc2ccccc21. The lowest BCUT2D eigenvalue weighted by Gasteiger charge is -2.27. The van der Waals surface area contributed by atoms with E-state index in [0.717, 1.165) is 44.4 Å². The summed E-state index contributed by atoms with van der Waals surface area (Å²) in [7, 11) is 0. The molecule has 0 saturated carbocycles. The van der Waals surface area contributed by atoms with Crippen molar-refractivity contribution in [2.24, 2.45) is 0 Å². The zero-order chi connectivity index (χ0) is 35.2. The lowest BCUT2D eigenvalue weighted by atomic mass is 9.79. The average Bonchev–Trinajstić information content (AvgIpc) is 3.77. The monoisotopic (exact) mass is 661 g/mol. The van der Waals surface area contributed by atoms with Gasteiger partial charge in [-0.1, -0.05) is 102 Å². The molecule has 51 heavy (non-hydrogen) atoms. The average molecular weight is 662 g/mol. The summed E-state index contributed by atoms with van der Waals surface area (Å²) in [4.78, 5) is 5.47. The number of aromatic nitrogens is 2. The predicted molar refractivity (Wildman–Crippen MR) is 210 cm³/mol. The van der Waals surface area contributed by atoms with Gasteiger partial charge in [0.15, 0.2) is 0 Å². The third kappa shape index (κ3) is 4.61. The molecular formula is C47H39N3O. The Morgan fingerprint density at radius 2 is 1.35 bits per heavy atom. The summed E-state index contributed by atoms with van der Waals surface area (Å²) in [5.41, 5.74) is 16.4. The molecule has 6 aromatic carbocycles. The molecule has 0 aliphatic heterocycles. The first-order chi connectivity index (χ1) is 24.7. The van der Waals surface area contributed by atoms with Crippen LogP contribution in [-0.4, -0.2) is 9.55 Å². The molecule has 2 heterocycles. The highest BCUT2D eigenvalue weighted by atomic mass is 16.3. The van der Waals surface area contributed by atoms with Crippen LogP contribution < -0.4 is 0 Å². The van der Waals surface area contributed by atoms with Crippen LogP contribution in [0.4, 0.5) is 0 Å². The second kappa shape index (κ2) is 11.3. The molecule has 248 valence electrons. The molecule has 0 radical (unpaired) electrons. The molecule has 1 aliphatic rings. The van der Waals surface area contributed by atoms with Crippen molar-refractivity contribution < 1.29 is 4.42 Å². The Morgan fingerprint density at radius 1 is 0.667 bits per heavy atom. The van der Waals surface area contributed by atoms with E-state index < -0.39 is 0 Å². The van der Waals surface area contributed by atoms with Crippen LogP contribution in [0.1, 0.15) is 81.2 Å². The molecule has 0 atom stereocenters. The minimum atomic E-state index is -0.312. The molecule has 0 unspecified atom stereocenters. The molecule has 2 aromatic heterocycles. The second-order valence-corrected chi connectivity index (χ2v) is 15.1. The molecule has 9 rings (SSSR count). The Kier molecular flexibility index (Phi) is 6.89. The molecule has 0 bridgehead atoms. The van der Waals surface area contributed by atoms with E-state index in [-0.39, 0.29) is 17.3 Å². The molecule has 4 heteroatoms. The van der Waals surface area contributed by atoms with E-state index in [2.05, 4.69) is 149 Å². The summed E-state index contributed by atoms with van der Waals surface area (Å²) in [6.07, 6.45) is 0. The number of benzene rings is 6. The Labute approximate surface area is 298 Å². The maximum Gasteiger partial charge on any atom is 0.146 e. The van der Waals surface area contributed by atoms with E-state index in [9.17, 15) is 5.26 Å². The van der Waals surface area contributed by atoms with Gasteiger partial charge in [-0.25, -0.2) is 4.98 Å². The Balaban J connectivity index is 1.32. The van der Waals surface area contributed by atoms with E-state index in [0.29, 0.717) is 5.56 Å². The van der Waals surface area contributed by atoms with Gasteiger partial charge in [-0.3, -0.25) is 4.57 Å². The fraction of sp³-hybridized carbons (Fsp3) is 0.191. The highest BCUT2D eigenvalue weighted by Crippen LogP contribution is 2.54.